The molecule has 0 aliphatic carbocycles. The number of benzene rings is 1. The van der Waals surface area contributed by atoms with E-state index in [0.717, 1.165) is 18.7 Å². The second-order valence-corrected chi connectivity index (χ2v) is 5.73. The number of anilines is 1. The molecule has 0 radical (unpaired) electrons. The summed E-state index contributed by atoms with van der Waals surface area (Å²) in [6.45, 7) is 7.92. The van der Waals surface area contributed by atoms with Crippen LogP contribution in [0.15, 0.2) is 18.2 Å². The van der Waals surface area contributed by atoms with Crippen LogP contribution in [-0.4, -0.2) is 37.1 Å². The third kappa shape index (κ3) is 2.74. The van der Waals surface area contributed by atoms with Crippen molar-refractivity contribution in [3.8, 4) is 0 Å². The number of hydrogen-bond acceptors (Lipinski definition) is 3. The van der Waals surface area contributed by atoms with Crippen LogP contribution in [-0.2, 0) is 0 Å². The molecule has 1 aromatic carbocycles. The SMILES string of the molecule is CC(N)c1cccc(F)c1N1CC(C)N(C)C(C)C1. The van der Waals surface area contributed by atoms with E-state index < -0.39 is 0 Å². The summed E-state index contributed by atoms with van der Waals surface area (Å²) in [6.07, 6.45) is 0. The fraction of sp³-hybridized carbons (Fsp3) is 0.600. The van der Waals surface area contributed by atoms with Crippen molar-refractivity contribution >= 4 is 5.69 Å². The minimum absolute atomic E-state index is 0.157. The lowest BCUT2D eigenvalue weighted by Crippen LogP contribution is -2.55. The first kappa shape index (κ1) is 14.3. The summed E-state index contributed by atoms with van der Waals surface area (Å²) >= 11 is 0. The average Bonchev–Trinajstić information content (AvgIpc) is 2.35. The Morgan fingerprint density at radius 2 is 1.84 bits per heavy atom. The van der Waals surface area contributed by atoms with Crippen molar-refractivity contribution in [1.29, 1.82) is 0 Å². The zero-order chi connectivity index (χ0) is 14.2. The first-order valence-corrected chi connectivity index (χ1v) is 6.92. The van der Waals surface area contributed by atoms with Crippen LogP contribution in [0, 0.1) is 5.82 Å². The van der Waals surface area contributed by atoms with Gasteiger partial charge in [0.15, 0.2) is 0 Å². The second kappa shape index (κ2) is 5.47. The quantitative estimate of drug-likeness (QED) is 0.891. The molecule has 19 heavy (non-hydrogen) atoms. The third-order valence-corrected chi connectivity index (χ3v) is 4.18. The molecule has 1 aliphatic rings. The fourth-order valence-corrected chi connectivity index (χ4v) is 2.82. The van der Waals surface area contributed by atoms with Gasteiger partial charge in [0.05, 0.1) is 5.69 Å². The number of rotatable bonds is 2. The molecule has 1 saturated heterocycles. The van der Waals surface area contributed by atoms with Gasteiger partial charge in [0.1, 0.15) is 5.82 Å². The van der Waals surface area contributed by atoms with Gasteiger partial charge >= 0.3 is 0 Å². The van der Waals surface area contributed by atoms with Gasteiger partial charge in [0.25, 0.3) is 0 Å². The molecule has 1 aliphatic heterocycles. The standard InChI is InChI=1S/C15H24FN3/c1-10-8-19(9-11(2)18(10)4)15-13(12(3)17)6-5-7-14(15)16/h5-7,10-12H,8-9,17H2,1-4H3. The zero-order valence-corrected chi connectivity index (χ0v) is 12.2. The zero-order valence-electron chi connectivity index (χ0n) is 12.2. The molecule has 0 saturated carbocycles. The van der Waals surface area contributed by atoms with E-state index in [4.69, 9.17) is 5.73 Å². The van der Waals surface area contributed by atoms with E-state index in [9.17, 15) is 4.39 Å². The number of hydrogen-bond donors (Lipinski definition) is 1. The van der Waals surface area contributed by atoms with Gasteiger partial charge in [-0.05, 0) is 39.4 Å². The molecule has 2 rings (SSSR count). The maximum Gasteiger partial charge on any atom is 0.146 e. The molecule has 106 valence electrons. The molecular weight excluding hydrogens is 241 g/mol. The number of likely N-dealkylation sites (N-methyl/N-ethyl adjacent to an activating group) is 1. The highest BCUT2D eigenvalue weighted by atomic mass is 19.1. The summed E-state index contributed by atoms with van der Waals surface area (Å²) in [7, 11) is 2.13. The van der Waals surface area contributed by atoms with Gasteiger partial charge < -0.3 is 10.6 Å². The largest absolute Gasteiger partial charge is 0.366 e. The predicted octanol–water partition coefficient (Wildman–Crippen LogP) is 2.37. The van der Waals surface area contributed by atoms with Gasteiger partial charge in [0.2, 0.25) is 0 Å². The Labute approximate surface area is 115 Å². The molecule has 3 nitrogen and oxygen atoms in total. The Morgan fingerprint density at radius 1 is 1.26 bits per heavy atom. The van der Waals surface area contributed by atoms with Crippen LogP contribution in [0.2, 0.25) is 0 Å². The van der Waals surface area contributed by atoms with E-state index in [2.05, 4.69) is 30.7 Å². The summed E-state index contributed by atoms with van der Waals surface area (Å²) in [4.78, 5) is 4.48. The Balaban J connectivity index is 2.36. The first-order valence-electron chi connectivity index (χ1n) is 6.92. The number of para-hydroxylation sites is 1. The van der Waals surface area contributed by atoms with Gasteiger partial charge in [-0.1, -0.05) is 12.1 Å². The van der Waals surface area contributed by atoms with Gasteiger partial charge in [-0.25, -0.2) is 4.39 Å². The van der Waals surface area contributed by atoms with Crippen molar-refractivity contribution in [2.45, 2.75) is 38.9 Å². The second-order valence-electron chi connectivity index (χ2n) is 5.73. The van der Waals surface area contributed by atoms with Gasteiger partial charge in [0, 0.05) is 31.2 Å². The van der Waals surface area contributed by atoms with Gasteiger partial charge in [-0.3, -0.25) is 4.90 Å². The van der Waals surface area contributed by atoms with E-state index in [-0.39, 0.29) is 11.9 Å². The molecule has 1 fully saturated rings. The van der Waals surface area contributed by atoms with Crippen molar-refractivity contribution in [2.24, 2.45) is 5.73 Å². The molecule has 2 N–H and O–H groups in total. The Hall–Kier alpha value is -1.13. The molecule has 0 aromatic heterocycles. The molecule has 1 heterocycles. The molecule has 3 unspecified atom stereocenters. The number of halogens is 1. The topological polar surface area (TPSA) is 32.5 Å². The molecule has 0 bridgehead atoms. The Bertz CT molecular complexity index is 435. The molecule has 0 spiro atoms. The fourth-order valence-electron chi connectivity index (χ4n) is 2.82. The van der Waals surface area contributed by atoms with Crippen LogP contribution in [0.4, 0.5) is 10.1 Å². The van der Waals surface area contributed by atoms with Crippen LogP contribution in [0.1, 0.15) is 32.4 Å². The molecule has 4 heteroatoms. The maximum atomic E-state index is 14.2. The van der Waals surface area contributed by atoms with E-state index in [1.54, 1.807) is 6.07 Å². The van der Waals surface area contributed by atoms with Crippen molar-refractivity contribution in [1.82, 2.24) is 4.90 Å². The van der Waals surface area contributed by atoms with Crippen LogP contribution < -0.4 is 10.6 Å². The van der Waals surface area contributed by atoms with Crippen LogP contribution in [0.25, 0.3) is 0 Å². The average molecular weight is 265 g/mol. The van der Waals surface area contributed by atoms with Crippen LogP contribution in [0.5, 0.6) is 0 Å². The smallest absolute Gasteiger partial charge is 0.146 e. The van der Waals surface area contributed by atoms with Gasteiger partial charge in [-0.15, -0.1) is 0 Å². The Morgan fingerprint density at radius 3 is 2.37 bits per heavy atom. The summed E-state index contributed by atoms with van der Waals surface area (Å²) < 4.78 is 14.2. The summed E-state index contributed by atoms with van der Waals surface area (Å²) in [6, 6.07) is 5.84. The minimum Gasteiger partial charge on any atom is -0.366 e. The van der Waals surface area contributed by atoms with Crippen LogP contribution in [0.3, 0.4) is 0 Å². The van der Waals surface area contributed by atoms with E-state index in [0.29, 0.717) is 17.8 Å². The van der Waals surface area contributed by atoms with Crippen LogP contribution >= 0.6 is 0 Å². The van der Waals surface area contributed by atoms with E-state index >= 15 is 0 Å². The number of nitrogens with zero attached hydrogens (tertiary/aromatic N) is 2. The number of nitrogens with two attached hydrogens (primary N) is 1. The lowest BCUT2D eigenvalue weighted by Gasteiger charge is -2.44. The van der Waals surface area contributed by atoms with E-state index in [1.807, 2.05) is 13.0 Å². The lowest BCUT2D eigenvalue weighted by molar-refractivity contribution is 0.169. The number of piperazine rings is 1. The normalized spacial score (nSPS) is 26.5. The highest BCUT2D eigenvalue weighted by molar-refractivity contribution is 5.56. The molecular formula is C15H24FN3. The highest BCUT2D eigenvalue weighted by Crippen LogP contribution is 2.31. The summed E-state index contributed by atoms with van der Waals surface area (Å²) in [5.74, 6) is -0.168. The summed E-state index contributed by atoms with van der Waals surface area (Å²) in [5, 5.41) is 0. The van der Waals surface area contributed by atoms with Crippen molar-refractivity contribution in [3.63, 3.8) is 0 Å². The predicted molar refractivity (Wildman–Crippen MR) is 77.9 cm³/mol. The lowest BCUT2D eigenvalue weighted by atomic mass is 10.0. The molecule has 1 aromatic rings. The Kier molecular flexibility index (Phi) is 4.11. The third-order valence-electron chi connectivity index (χ3n) is 4.18. The monoisotopic (exact) mass is 265 g/mol. The maximum absolute atomic E-state index is 14.2. The van der Waals surface area contributed by atoms with Crippen molar-refractivity contribution in [3.05, 3.63) is 29.6 Å². The summed E-state index contributed by atoms with van der Waals surface area (Å²) in [5.41, 5.74) is 7.56. The first-order chi connectivity index (χ1) is 8.91. The minimum atomic E-state index is -0.168. The van der Waals surface area contributed by atoms with Gasteiger partial charge in [-0.2, -0.15) is 0 Å². The molecule has 0 amide bonds. The molecule has 3 atom stereocenters. The van der Waals surface area contributed by atoms with Crippen molar-refractivity contribution in [2.75, 3.05) is 25.0 Å². The van der Waals surface area contributed by atoms with E-state index in [1.165, 1.54) is 6.07 Å². The highest BCUT2D eigenvalue weighted by Gasteiger charge is 2.29. The van der Waals surface area contributed by atoms with Crippen molar-refractivity contribution < 1.29 is 4.39 Å².